The van der Waals surface area contributed by atoms with Crippen molar-refractivity contribution in [2.24, 2.45) is 0 Å². The van der Waals surface area contributed by atoms with Crippen LogP contribution in [0.25, 0.3) is 11.1 Å². The summed E-state index contributed by atoms with van der Waals surface area (Å²) in [5.74, 6) is -0.378. The molecule has 0 bridgehead atoms. The molecule has 15 heavy (non-hydrogen) atoms. The third-order valence-electron chi connectivity index (χ3n) is 2.17. The minimum atomic E-state index is -0.378. The molecule has 0 radical (unpaired) electrons. The van der Waals surface area contributed by atoms with Gasteiger partial charge in [0.25, 0.3) is 0 Å². The van der Waals surface area contributed by atoms with E-state index in [0.717, 1.165) is 9.99 Å². The molecule has 0 fully saturated rings. The average molecular weight is 272 g/mol. The molecule has 1 aromatic heterocycles. The Morgan fingerprint density at radius 2 is 2.27 bits per heavy atom. The quantitative estimate of drug-likeness (QED) is 0.925. The lowest BCUT2D eigenvalue weighted by molar-refractivity contribution is 0.278. The molecular weight excluding hydrogens is 262 g/mol. The summed E-state index contributed by atoms with van der Waals surface area (Å²) in [6.07, 6.45) is 0.546. The van der Waals surface area contributed by atoms with Crippen LogP contribution in [0.15, 0.2) is 31.9 Å². The van der Waals surface area contributed by atoms with Crippen LogP contribution >= 0.6 is 15.9 Å². The Morgan fingerprint density at radius 3 is 3.00 bits per heavy atom. The number of aliphatic hydroxyl groups is 1. The first kappa shape index (κ1) is 10.4. The third-order valence-corrected chi connectivity index (χ3v) is 2.66. The van der Waals surface area contributed by atoms with Gasteiger partial charge in [0, 0.05) is 17.6 Å². The zero-order valence-corrected chi connectivity index (χ0v) is 9.53. The standard InChI is InChI=1S/C10H10BrNO3/c11-7-2-3-8-9(6-7)15-10(14)12(8)4-1-5-13/h2-3,6,13H,1,4-5H2. The molecule has 0 aliphatic heterocycles. The average Bonchev–Trinajstić information content (AvgIpc) is 2.50. The number of halogens is 1. The molecule has 1 N–H and O–H groups in total. The van der Waals surface area contributed by atoms with E-state index in [2.05, 4.69) is 15.9 Å². The smallest absolute Gasteiger partial charge is 0.408 e. The van der Waals surface area contributed by atoms with Gasteiger partial charge in [-0.3, -0.25) is 4.57 Å². The van der Waals surface area contributed by atoms with Crippen LogP contribution in [-0.4, -0.2) is 16.3 Å². The highest BCUT2D eigenvalue weighted by atomic mass is 79.9. The fourth-order valence-electron chi connectivity index (χ4n) is 1.48. The first-order valence-electron chi connectivity index (χ1n) is 4.62. The molecule has 2 aromatic rings. The van der Waals surface area contributed by atoms with Crippen LogP contribution < -0.4 is 5.76 Å². The molecule has 2 rings (SSSR count). The molecule has 0 spiro atoms. The molecule has 0 atom stereocenters. The summed E-state index contributed by atoms with van der Waals surface area (Å²) < 4.78 is 7.47. The molecule has 5 heteroatoms. The SMILES string of the molecule is O=c1oc2cc(Br)ccc2n1CCCO. The fourth-order valence-corrected chi connectivity index (χ4v) is 1.82. The summed E-state index contributed by atoms with van der Waals surface area (Å²) in [6.45, 7) is 0.541. The first-order valence-corrected chi connectivity index (χ1v) is 5.41. The van der Waals surface area contributed by atoms with Crippen molar-refractivity contribution < 1.29 is 9.52 Å². The summed E-state index contributed by atoms with van der Waals surface area (Å²) in [4.78, 5) is 11.5. The molecular formula is C10H10BrNO3. The summed E-state index contributed by atoms with van der Waals surface area (Å²) in [7, 11) is 0. The zero-order valence-electron chi connectivity index (χ0n) is 7.94. The van der Waals surface area contributed by atoms with Crippen molar-refractivity contribution >= 4 is 27.0 Å². The summed E-state index contributed by atoms with van der Waals surface area (Å²) >= 11 is 3.31. The van der Waals surface area contributed by atoms with Gasteiger partial charge in [0.15, 0.2) is 5.58 Å². The summed E-state index contributed by atoms with van der Waals surface area (Å²) in [5, 5.41) is 8.72. The van der Waals surface area contributed by atoms with Gasteiger partial charge < -0.3 is 9.52 Å². The number of aliphatic hydroxyl groups excluding tert-OH is 1. The molecule has 0 unspecified atom stereocenters. The van der Waals surface area contributed by atoms with Gasteiger partial charge in [-0.1, -0.05) is 15.9 Å². The highest BCUT2D eigenvalue weighted by molar-refractivity contribution is 9.10. The Bertz CT molecular complexity index is 529. The Balaban J connectivity index is 2.53. The highest BCUT2D eigenvalue weighted by Crippen LogP contribution is 2.18. The number of hydrogen-bond acceptors (Lipinski definition) is 3. The lowest BCUT2D eigenvalue weighted by atomic mass is 10.3. The van der Waals surface area contributed by atoms with Gasteiger partial charge in [-0.05, 0) is 24.6 Å². The normalized spacial score (nSPS) is 11.1. The van der Waals surface area contributed by atoms with Crippen molar-refractivity contribution in [1.82, 2.24) is 4.57 Å². The van der Waals surface area contributed by atoms with Gasteiger partial charge >= 0.3 is 5.76 Å². The van der Waals surface area contributed by atoms with E-state index in [1.165, 1.54) is 4.57 Å². The second-order valence-electron chi connectivity index (χ2n) is 3.21. The van der Waals surface area contributed by atoms with Gasteiger partial charge in [0.1, 0.15) is 0 Å². The molecule has 1 heterocycles. The van der Waals surface area contributed by atoms with Gasteiger partial charge in [-0.2, -0.15) is 0 Å². The van der Waals surface area contributed by atoms with Gasteiger partial charge in [0.05, 0.1) is 5.52 Å². The van der Waals surface area contributed by atoms with E-state index in [-0.39, 0.29) is 12.4 Å². The maximum absolute atomic E-state index is 11.5. The van der Waals surface area contributed by atoms with Crippen LogP contribution in [0.2, 0.25) is 0 Å². The first-order chi connectivity index (χ1) is 7.22. The summed E-state index contributed by atoms with van der Waals surface area (Å²) in [6, 6.07) is 5.43. The Kier molecular flexibility index (Phi) is 2.93. The minimum Gasteiger partial charge on any atom is -0.408 e. The second kappa shape index (κ2) is 4.20. The monoisotopic (exact) mass is 271 g/mol. The molecule has 1 aromatic carbocycles. The molecule has 4 nitrogen and oxygen atoms in total. The van der Waals surface area contributed by atoms with E-state index < -0.39 is 0 Å². The predicted molar refractivity (Wildman–Crippen MR) is 59.9 cm³/mol. The lowest BCUT2D eigenvalue weighted by Gasteiger charge is -1.99. The summed E-state index contributed by atoms with van der Waals surface area (Å²) in [5.41, 5.74) is 1.32. The maximum atomic E-state index is 11.5. The van der Waals surface area contributed by atoms with Crippen molar-refractivity contribution in [3.8, 4) is 0 Å². The van der Waals surface area contributed by atoms with E-state index in [1.807, 2.05) is 12.1 Å². The minimum absolute atomic E-state index is 0.0651. The van der Waals surface area contributed by atoms with Crippen molar-refractivity contribution in [2.45, 2.75) is 13.0 Å². The number of aryl methyl sites for hydroxylation is 1. The second-order valence-corrected chi connectivity index (χ2v) is 4.12. The molecule has 0 aliphatic rings. The number of fused-ring (bicyclic) bond motifs is 1. The van der Waals surface area contributed by atoms with E-state index in [0.29, 0.717) is 18.5 Å². The van der Waals surface area contributed by atoms with Gasteiger partial charge in [-0.15, -0.1) is 0 Å². The lowest BCUT2D eigenvalue weighted by Crippen LogP contribution is -2.14. The number of nitrogens with zero attached hydrogens (tertiary/aromatic N) is 1. The van der Waals surface area contributed by atoms with E-state index in [1.54, 1.807) is 6.07 Å². The number of aromatic nitrogens is 1. The topological polar surface area (TPSA) is 55.4 Å². The number of hydrogen-bond donors (Lipinski definition) is 1. The molecule has 0 amide bonds. The van der Waals surface area contributed by atoms with Gasteiger partial charge in [-0.25, -0.2) is 4.79 Å². The number of benzene rings is 1. The molecule has 80 valence electrons. The molecule has 0 saturated carbocycles. The Hall–Kier alpha value is -1.07. The van der Waals surface area contributed by atoms with Crippen LogP contribution in [0, 0.1) is 0 Å². The predicted octanol–water partition coefficient (Wildman–Crippen LogP) is 1.74. The molecule has 0 saturated heterocycles. The zero-order chi connectivity index (χ0) is 10.8. The van der Waals surface area contributed by atoms with Crippen molar-refractivity contribution in [3.63, 3.8) is 0 Å². The maximum Gasteiger partial charge on any atom is 0.419 e. The van der Waals surface area contributed by atoms with E-state index >= 15 is 0 Å². The highest BCUT2D eigenvalue weighted by Gasteiger charge is 2.08. The largest absolute Gasteiger partial charge is 0.419 e. The van der Waals surface area contributed by atoms with Crippen LogP contribution in [0.1, 0.15) is 6.42 Å². The van der Waals surface area contributed by atoms with Crippen LogP contribution in [-0.2, 0) is 6.54 Å². The van der Waals surface area contributed by atoms with Crippen molar-refractivity contribution in [1.29, 1.82) is 0 Å². The number of oxazole rings is 1. The van der Waals surface area contributed by atoms with E-state index in [4.69, 9.17) is 9.52 Å². The van der Waals surface area contributed by atoms with E-state index in [9.17, 15) is 4.79 Å². The third kappa shape index (κ3) is 1.98. The fraction of sp³-hybridized carbons (Fsp3) is 0.300. The van der Waals surface area contributed by atoms with Crippen LogP contribution in [0.5, 0.6) is 0 Å². The van der Waals surface area contributed by atoms with Crippen LogP contribution in [0.3, 0.4) is 0 Å². The van der Waals surface area contributed by atoms with Crippen LogP contribution in [0.4, 0.5) is 0 Å². The van der Waals surface area contributed by atoms with Crippen molar-refractivity contribution in [2.75, 3.05) is 6.61 Å². The van der Waals surface area contributed by atoms with Crippen molar-refractivity contribution in [3.05, 3.63) is 33.2 Å². The number of rotatable bonds is 3. The van der Waals surface area contributed by atoms with Gasteiger partial charge in [0.2, 0.25) is 0 Å². The molecule has 0 aliphatic carbocycles. The Morgan fingerprint density at radius 1 is 1.47 bits per heavy atom. The Labute approximate surface area is 94.3 Å².